The molecule has 2 amide bonds. The molecule has 0 saturated heterocycles. The highest BCUT2D eigenvalue weighted by atomic mass is 16.4. The summed E-state index contributed by atoms with van der Waals surface area (Å²) < 4.78 is 0. The smallest absolute Gasteiger partial charge is 0.323 e. The van der Waals surface area contributed by atoms with Gasteiger partial charge in [0.15, 0.2) is 0 Å². The van der Waals surface area contributed by atoms with Gasteiger partial charge in [-0.25, -0.2) is 4.79 Å². The summed E-state index contributed by atoms with van der Waals surface area (Å²) in [5, 5.41) is 8.66. The Labute approximate surface area is 107 Å². The van der Waals surface area contributed by atoms with Gasteiger partial charge in [-0.2, -0.15) is 0 Å². The van der Waals surface area contributed by atoms with E-state index in [1.165, 1.54) is 11.9 Å². The van der Waals surface area contributed by atoms with Crippen molar-refractivity contribution >= 4 is 12.0 Å². The van der Waals surface area contributed by atoms with Gasteiger partial charge in [0.2, 0.25) is 0 Å². The molecule has 0 unspecified atom stereocenters. The number of nitrogens with zero attached hydrogens (tertiary/aromatic N) is 2. The number of carboxylic acids is 1. The Morgan fingerprint density at radius 3 is 2.33 bits per heavy atom. The normalized spacial score (nSPS) is 9.89. The van der Waals surface area contributed by atoms with E-state index in [9.17, 15) is 9.59 Å². The zero-order chi connectivity index (χ0) is 13.5. The highest BCUT2D eigenvalue weighted by Gasteiger charge is 2.18. The molecule has 0 fully saturated rings. The number of aliphatic carboxylic acids is 1. The van der Waals surface area contributed by atoms with E-state index in [2.05, 4.69) is 0 Å². The van der Waals surface area contributed by atoms with Crippen molar-refractivity contribution in [3.05, 3.63) is 35.9 Å². The molecule has 0 saturated carbocycles. The largest absolute Gasteiger partial charge is 0.480 e. The summed E-state index contributed by atoms with van der Waals surface area (Å²) in [4.78, 5) is 25.4. The van der Waals surface area contributed by atoms with E-state index in [1.54, 1.807) is 4.90 Å². The van der Waals surface area contributed by atoms with Crippen LogP contribution in [-0.2, 0) is 11.3 Å². The summed E-state index contributed by atoms with van der Waals surface area (Å²) in [5.41, 5.74) is 1.02. The van der Waals surface area contributed by atoms with Crippen LogP contribution in [0.15, 0.2) is 30.3 Å². The van der Waals surface area contributed by atoms with Crippen molar-refractivity contribution in [1.82, 2.24) is 9.80 Å². The third-order valence-corrected chi connectivity index (χ3v) is 2.57. The number of amides is 2. The van der Waals surface area contributed by atoms with Crippen molar-refractivity contribution in [2.24, 2.45) is 0 Å². The van der Waals surface area contributed by atoms with E-state index < -0.39 is 5.97 Å². The fraction of sp³-hybridized carbons (Fsp3) is 0.385. The summed E-state index contributed by atoms with van der Waals surface area (Å²) in [6.07, 6.45) is 0. The van der Waals surface area contributed by atoms with Crippen molar-refractivity contribution in [3.8, 4) is 0 Å². The minimum absolute atomic E-state index is 0.274. The van der Waals surface area contributed by atoms with E-state index in [1.807, 2.05) is 37.3 Å². The lowest BCUT2D eigenvalue weighted by Gasteiger charge is -2.26. The van der Waals surface area contributed by atoms with Gasteiger partial charge in [-0.3, -0.25) is 4.79 Å². The monoisotopic (exact) mass is 250 g/mol. The van der Waals surface area contributed by atoms with Gasteiger partial charge in [0.1, 0.15) is 6.54 Å². The molecule has 1 aromatic carbocycles. The number of carbonyl (C=O) groups excluding carboxylic acids is 1. The number of carbonyl (C=O) groups is 2. The molecule has 0 spiro atoms. The van der Waals surface area contributed by atoms with Gasteiger partial charge < -0.3 is 14.9 Å². The zero-order valence-corrected chi connectivity index (χ0v) is 10.7. The molecule has 0 aromatic heterocycles. The van der Waals surface area contributed by atoms with E-state index in [4.69, 9.17) is 5.11 Å². The first kappa shape index (κ1) is 14.0. The summed E-state index contributed by atoms with van der Waals surface area (Å²) in [6, 6.07) is 9.34. The van der Waals surface area contributed by atoms with Crippen LogP contribution in [0.3, 0.4) is 0 Å². The SMILES string of the molecule is CCN(Cc1ccccc1)C(=O)N(C)CC(=O)O. The third kappa shape index (κ3) is 4.08. The van der Waals surface area contributed by atoms with Crippen LogP contribution in [0.5, 0.6) is 0 Å². The second-order valence-electron chi connectivity index (χ2n) is 4.03. The van der Waals surface area contributed by atoms with Crippen LogP contribution in [0.2, 0.25) is 0 Å². The molecular formula is C13H18N2O3. The van der Waals surface area contributed by atoms with Gasteiger partial charge in [-0.1, -0.05) is 30.3 Å². The lowest BCUT2D eigenvalue weighted by atomic mass is 10.2. The molecular weight excluding hydrogens is 232 g/mol. The van der Waals surface area contributed by atoms with Gasteiger partial charge >= 0.3 is 12.0 Å². The quantitative estimate of drug-likeness (QED) is 0.864. The first-order valence-electron chi connectivity index (χ1n) is 5.80. The van der Waals surface area contributed by atoms with Crippen LogP contribution < -0.4 is 0 Å². The van der Waals surface area contributed by atoms with Crippen LogP contribution in [0.4, 0.5) is 4.79 Å². The molecule has 0 radical (unpaired) electrons. The Kier molecular flexibility index (Phi) is 5.17. The molecule has 1 N–H and O–H groups in total. The minimum atomic E-state index is -1.01. The standard InChI is InChI=1S/C13H18N2O3/c1-3-15(9-11-7-5-4-6-8-11)13(18)14(2)10-12(16)17/h4-8H,3,9-10H2,1-2H3,(H,16,17). The lowest BCUT2D eigenvalue weighted by molar-refractivity contribution is -0.137. The molecule has 0 heterocycles. The van der Waals surface area contributed by atoms with Crippen molar-refractivity contribution < 1.29 is 14.7 Å². The number of likely N-dealkylation sites (N-methyl/N-ethyl adjacent to an activating group) is 1. The number of rotatable bonds is 5. The molecule has 0 aliphatic carbocycles. The van der Waals surface area contributed by atoms with Crippen molar-refractivity contribution in [2.75, 3.05) is 20.1 Å². The number of hydrogen-bond donors (Lipinski definition) is 1. The van der Waals surface area contributed by atoms with Crippen LogP contribution >= 0.6 is 0 Å². The molecule has 18 heavy (non-hydrogen) atoms. The summed E-state index contributed by atoms with van der Waals surface area (Å²) in [7, 11) is 1.49. The van der Waals surface area contributed by atoms with Crippen molar-refractivity contribution in [1.29, 1.82) is 0 Å². The zero-order valence-electron chi connectivity index (χ0n) is 10.7. The molecule has 1 aromatic rings. The number of carboxylic acid groups (broad SMARTS) is 1. The van der Waals surface area contributed by atoms with Crippen LogP contribution in [0, 0.1) is 0 Å². The molecule has 0 bridgehead atoms. The minimum Gasteiger partial charge on any atom is -0.480 e. The third-order valence-electron chi connectivity index (χ3n) is 2.57. The van der Waals surface area contributed by atoms with Gasteiger partial charge in [-0.05, 0) is 12.5 Å². The number of urea groups is 1. The average Bonchev–Trinajstić information content (AvgIpc) is 2.35. The topological polar surface area (TPSA) is 60.9 Å². The first-order valence-corrected chi connectivity index (χ1v) is 5.80. The van der Waals surface area contributed by atoms with E-state index >= 15 is 0 Å². The molecule has 98 valence electrons. The molecule has 5 nitrogen and oxygen atoms in total. The molecule has 1 rings (SSSR count). The molecule has 0 aliphatic rings. The maximum Gasteiger partial charge on any atom is 0.323 e. The van der Waals surface area contributed by atoms with Gasteiger partial charge in [0, 0.05) is 20.1 Å². The highest BCUT2D eigenvalue weighted by molar-refractivity contribution is 5.79. The van der Waals surface area contributed by atoms with Crippen LogP contribution in [0.25, 0.3) is 0 Å². The van der Waals surface area contributed by atoms with E-state index in [0.29, 0.717) is 13.1 Å². The number of benzene rings is 1. The Bertz CT molecular complexity index is 406. The van der Waals surface area contributed by atoms with Gasteiger partial charge in [0.25, 0.3) is 0 Å². The summed E-state index contributed by atoms with van der Waals surface area (Å²) in [5.74, 6) is -1.01. The van der Waals surface area contributed by atoms with Crippen LogP contribution in [-0.4, -0.2) is 47.0 Å². The van der Waals surface area contributed by atoms with Crippen molar-refractivity contribution in [2.45, 2.75) is 13.5 Å². The second-order valence-corrected chi connectivity index (χ2v) is 4.03. The van der Waals surface area contributed by atoms with Crippen molar-refractivity contribution in [3.63, 3.8) is 0 Å². The van der Waals surface area contributed by atoms with E-state index in [-0.39, 0.29) is 12.6 Å². The fourth-order valence-corrected chi connectivity index (χ4v) is 1.63. The maximum atomic E-state index is 12.0. The molecule has 5 heteroatoms. The van der Waals surface area contributed by atoms with E-state index in [0.717, 1.165) is 5.56 Å². The molecule has 0 atom stereocenters. The maximum absolute atomic E-state index is 12.0. The Morgan fingerprint density at radius 1 is 1.22 bits per heavy atom. The fourth-order valence-electron chi connectivity index (χ4n) is 1.63. The summed E-state index contributed by atoms with van der Waals surface area (Å²) >= 11 is 0. The van der Waals surface area contributed by atoms with Gasteiger partial charge in [0.05, 0.1) is 0 Å². The predicted molar refractivity (Wildman–Crippen MR) is 68.2 cm³/mol. The van der Waals surface area contributed by atoms with Crippen LogP contribution in [0.1, 0.15) is 12.5 Å². The average molecular weight is 250 g/mol. The molecule has 0 aliphatic heterocycles. The highest BCUT2D eigenvalue weighted by Crippen LogP contribution is 2.06. The Morgan fingerprint density at radius 2 is 1.83 bits per heavy atom. The number of hydrogen-bond acceptors (Lipinski definition) is 2. The Balaban J connectivity index is 2.66. The first-order chi connectivity index (χ1) is 8.54. The van der Waals surface area contributed by atoms with Gasteiger partial charge in [-0.15, -0.1) is 0 Å². The second kappa shape index (κ2) is 6.64. The predicted octanol–water partition coefficient (Wildman–Crippen LogP) is 1.64. The lowest BCUT2D eigenvalue weighted by Crippen LogP contribution is -2.42. The Hall–Kier alpha value is -2.04. The summed E-state index contributed by atoms with van der Waals surface area (Å²) in [6.45, 7) is 2.61.